The van der Waals surface area contributed by atoms with Gasteiger partial charge in [-0.15, -0.1) is 0 Å². The molecule has 1 N–H and O–H groups in total. The average Bonchev–Trinajstić information content (AvgIpc) is 2.54. The van der Waals surface area contributed by atoms with E-state index >= 15 is 0 Å². The fourth-order valence-corrected chi connectivity index (χ4v) is 2.74. The van der Waals surface area contributed by atoms with Gasteiger partial charge in [-0.1, -0.05) is 13.8 Å². The van der Waals surface area contributed by atoms with Crippen molar-refractivity contribution in [3.05, 3.63) is 23.9 Å². The molecule has 2 heterocycles. The number of esters is 1. The summed E-state index contributed by atoms with van der Waals surface area (Å²) in [6, 6.07) is 3.55. The molecule has 6 nitrogen and oxygen atoms in total. The molecule has 1 aliphatic heterocycles. The van der Waals surface area contributed by atoms with Crippen molar-refractivity contribution >= 4 is 17.7 Å². The second-order valence-corrected chi connectivity index (χ2v) is 6.78. The minimum absolute atomic E-state index is 0.0354. The van der Waals surface area contributed by atoms with Crippen LogP contribution in [0.2, 0.25) is 0 Å². The van der Waals surface area contributed by atoms with Crippen molar-refractivity contribution < 1.29 is 14.3 Å². The number of carbonyl (C=O) groups excluding carboxylic acids is 2. The van der Waals surface area contributed by atoms with Crippen LogP contribution in [0.1, 0.15) is 50.9 Å². The van der Waals surface area contributed by atoms with E-state index in [-0.39, 0.29) is 29.9 Å². The highest BCUT2D eigenvalue weighted by molar-refractivity contribution is 5.94. The van der Waals surface area contributed by atoms with Gasteiger partial charge >= 0.3 is 5.97 Å². The number of piperidine rings is 1. The second-order valence-electron chi connectivity index (χ2n) is 6.78. The number of pyridine rings is 1. The van der Waals surface area contributed by atoms with Gasteiger partial charge in [0.05, 0.1) is 6.10 Å². The fraction of sp³-hybridized carbons (Fsp3) is 0.611. The van der Waals surface area contributed by atoms with Crippen LogP contribution in [-0.4, -0.2) is 42.1 Å². The molecule has 1 aliphatic rings. The summed E-state index contributed by atoms with van der Waals surface area (Å²) in [6.07, 6.45) is 3.38. The monoisotopic (exact) mass is 333 g/mol. The predicted octanol–water partition coefficient (Wildman–Crippen LogP) is 2.39. The topological polar surface area (TPSA) is 71.5 Å². The van der Waals surface area contributed by atoms with E-state index in [0.29, 0.717) is 17.9 Å². The minimum Gasteiger partial charge on any atom is -0.459 e. The molecule has 2 rings (SSSR count). The Labute approximate surface area is 143 Å². The fourth-order valence-electron chi connectivity index (χ4n) is 2.74. The molecule has 0 aromatic carbocycles. The molecule has 1 atom stereocenters. The van der Waals surface area contributed by atoms with Crippen molar-refractivity contribution in [1.82, 2.24) is 10.3 Å². The maximum Gasteiger partial charge on any atom is 0.342 e. The van der Waals surface area contributed by atoms with Gasteiger partial charge in [0.25, 0.3) is 0 Å². The Morgan fingerprint density at radius 2 is 2.08 bits per heavy atom. The number of hydrogen-bond acceptors (Lipinski definition) is 5. The van der Waals surface area contributed by atoms with Crippen LogP contribution >= 0.6 is 0 Å². The van der Waals surface area contributed by atoms with Gasteiger partial charge in [-0.3, -0.25) is 4.79 Å². The molecule has 0 bridgehead atoms. The van der Waals surface area contributed by atoms with Crippen LogP contribution in [0.15, 0.2) is 18.3 Å². The maximum atomic E-state index is 12.3. The quantitative estimate of drug-likeness (QED) is 0.838. The molecular formula is C18H27N3O3. The van der Waals surface area contributed by atoms with Crippen LogP contribution < -0.4 is 10.2 Å². The molecule has 0 radical (unpaired) electrons. The standard InChI is InChI=1S/C18H27N3O3/c1-12(2)17(22)20-14-7-6-10-21(11-14)16-15(8-5-9-19-16)18(23)24-13(3)4/h5,8-9,12-14H,6-7,10-11H2,1-4H3,(H,20,22). The predicted molar refractivity (Wildman–Crippen MR) is 93.0 cm³/mol. The van der Waals surface area contributed by atoms with Crippen LogP contribution in [-0.2, 0) is 9.53 Å². The van der Waals surface area contributed by atoms with Crippen molar-refractivity contribution in [2.45, 2.75) is 52.7 Å². The molecule has 1 amide bonds. The number of carbonyl (C=O) groups is 2. The van der Waals surface area contributed by atoms with Crippen LogP contribution in [0.25, 0.3) is 0 Å². The lowest BCUT2D eigenvalue weighted by Gasteiger charge is -2.35. The summed E-state index contributed by atoms with van der Waals surface area (Å²) >= 11 is 0. The molecule has 1 aromatic rings. The third-order valence-corrected chi connectivity index (χ3v) is 3.94. The largest absolute Gasteiger partial charge is 0.459 e. The first-order chi connectivity index (χ1) is 11.4. The molecule has 1 saturated heterocycles. The van der Waals surface area contributed by atoms with E-state index < -0.39 is 0 Å². The van der Waals surface area contributed by atoms with Crippen molar-refractivity contribution in [1.29, 1.82) is 0 Å². The third kappa shape index (κ3) is 4.69. The highest BCUT2D eigenvalue weighted by atomic mass is 16.5. The lowest BCUT2D eigenvalue weighted by molar-refractivity contribution is -0.124. The zero-order valence-corrected chi connectivity index (χ0v) is 14.9. The number of aromatic nitrogens is 1. The Balaban J connectivity index is 2.13. The van der Waals surface area contributed by atoms with Crippen molar-refractivity contribution in [2.24, 2.45) is 5.92 Å². The van der Waals surface area contributed by atoms with E-state index in [2.05, 4.69) is 15.2 Å². The Morgan fingerprint density at radius 3 is 2.75 bits per heavy atom. The summed E-state index contributed by atoms with van der Waals surface area (Å²) in [6.45, 7) is 8.88. The van der Waals surface area contributed by atoms with E-state index in [1.54, 1.807) is 18.3 Å². The van der Waals surface area contributed by atoms with Gasteiger partial charge in [0.1, 0.15) is 11.4 Å². The molecule has 6 heteroatoms. The SMILES string of the molecule is CC(C)OC(=O)c1cccnc1N1CCCC(NC(=O)C(C)C)C1. The van der Waals surface area contributed by atoms with Gasteiger partial charge in [0, 0.05) is 31.2 Å². The Kier molecular flexibility index (Phi) is 6.17. The van der Waals surface area contributed by atoms with Crippen molar-refractivity contribution in [3.8, 4) is 0 Å². The molecule has 1 unspecified atom stereocenters. The smallest absolute Gasteiger partial charge is 0.342 e. The summed E-state index contributed by atoms with van der Waals surface area (Å²) in [7, 11) is 0. The zero-order valence-electron chi connectivity index (χ0n) is 14.9. The molecule has 1 fully saturated rings. The molecule has 0 saturated carbocycles. The highest BCUT2D eigenvalue weighted by Crippen LogP contribution is 2.23. The molecule has 24 heavy (non-hydrogen) atoms. The molecule has 1 aromatic heterocycles. The summed E-state index contributed by atoms with van der Waals surface area (Å²) in [5.74, 6) is 0.294. The van der Waals surface area contributed by atoms with Gasteiger partial charge in [0.2, 0.25) is 5.91 Å². The van der Waals surface area contributed by atoms with Crippen molar-refractivity contribution in [2.75, 3.05) is 18.0 Å². The Morgan fingerprint density at radius 1 is 1.33 bits per heavy atom. The van der Waals surface area contributed by atoms with Gasteiger partial charge in [-0.2, -0.15) is 0 Å². The Bertz CT molecular complexity index is 587. The number of amides is 1. The number of nitrogens with zero attached hydrogens (tertiary/aromatic N) is 2. The second kappa shape index (κ2) is 8.13. The lowest BCUT2D eigenvalue weighted by Crippen LogP contribution is -2.49. The molecule has 132 valence electrons. The van der Waals surface area contributed by atoms with Crippen LogP contribution in [0.5, 0.6) is 0 Å². The van der Waals surface area contributed by atoms with Crippen LogP contribution in [0.4, 0.5) is 5.82 Å². The summed E-state index contributed by atoms with van der Waals surface area (Å²) in [4.78, 5) is 30.7. The average molecular weight is 333 g/mol. The van der Waals surface area contributed by atoms with Crippen LogP contribution in [0, 0.1) is 5.92 Å². The van der Waals surface area contributed by atoms with E-state index in [1.807, 2.05) is 27.7 Å². The first kappa shape index (κ1) is 18.2. The van der Waals surface area contributed by atoms with E-state index in [0.717, 1.165) is 19.4 Å². The summed E-state index contributed by atoms with van der Waals surface area (Å²) in [5, 5.41) is 3.07. The van der Waals surface area contributed by atoms with Gasteiger partial charge in [-0.05, 0) is 38.8 Å². The normalized spacial score (nSPS) is 17.9. The van der Waals surface area contributed by atoms with Gasteiger partial charge in [0.15, 0.2) is 0 Å². The summed E-state index contributed by atoms with van der Waals surface area (Å²) < 4.78 is 5.32. The number of ether oxygens (including phenoxy) is 1. The van der Waals surface area contributed by atoms with Crippen molar-refractivity contribution in [3.63, 3.8) is 0 Å². The molecule has 0 spiro atoms. The van der Waals surface area contributed by atoms with Crippen LogP contribution in [0.3, 0.4) is 0 Å². The third-order valence-electron chi connectivity index (χ3n) is 3.94. The molecular weight excluding hydrogens is 306 g/mol. The summed E-state index contributed by atoms with van der Waals surface area (Å²) in [5.41, 5.74) is 0.474. The van der Waals surface area contributed by atoms with Gasteiger partial charge in [-0.25, -0.2) is 9.78 Å². The Hall–Kier alpha value is -2.11. The highest BCUT2D eigenvalue weighted by Gasteiger charge is 2.26. The lowest BCUT2D eigenvalue weighted by atomic mass is 10.0. The zero-order chi connectivity index (χ0) is 17.7. The van der Waals surface area contributed by atoms with E-state index in [9.17, 15) is 9.59 Å². The first-order valence-electron chi connectivity index (χ1n) is 8.59. The number of rotatable bonds is 5. The number of nitrogens with one attached hydrogen (secondary N) is 1. The van der Waals surface area contributed by atoms with Gasteiger partial charge < -0.3 is 15.0 Å². The number of anilines is 1. The van der Waals surface area contributed by atoms with E-state index in [4.69, 9.17) is 4.74 Å². The molecule has 0 aliphatic carbocycles. The first-order valence-corrected chi connectivity index (χ1v) is 8.59. The number of hydrogen-bond donors (Lipinski definition) is 1. The minimum atomic E-state index is -0.360. The maximum absolute atomic E-state index is 12.3. The van der Waals surface area contributed by atoms with E-state index in [1.165, 1.54) is 0 Å².